The number of aliphatic carboxylic acids is 1. The van der Waals surface area contributed by atoms with Crippen LogP contribution in [0.25, 0.3) is 0 Å². The molecule has 0 saturated heterocycles. The molecule has 98 valence electrons. The zero-order valence-corrected chi connectivity index (χ0v) is 10.4. The molecule has 0 aromatic heterocycles. The lowest BCUT2D eigenvalue weighted by atomic mass is 10.1. The minimum absolute atomic E-state index is 0.0745. The number of rotatable bonds is 7. The van der Waals surface area contributed by atoms with Crippen LogP contribution in [0.5, 0.6) is 5.75 Å². The van der Waals surface area contributed by atoms with Crippen LogP contribution >= 0.6 is 0 Å². The van der Waals surface area contributed by atoms with Gasteiger partial charge in [-0.05, 0) is 38.1 Å². The molecule has 5 nitrogen and oxygen atoms in total. The Balaban J connectivity index is 2.51. The first-order valence-corrected chi connectivity index (χ1v) is 5.58. The summed E-state index contributed by atoms with van der Waals surface area (Å²) in [4.78, 5) is 21.8. The highest BCUT2D eigenvalue weighted by atomic mass is 16.5. The van der Waals surface area contributed by atoms with Crippen molar-refractivity contribution in [2.45, 2.75) is 20.0 Å². The van der Waals surface area contributed by atoms with Crippen LogP contribution in [0.1, 0.15) is 24.2 Å². The van der Waals surface area contributed by atoms with Gasteiger partial charge in [0, 0.05) is 5.56 Å². The van der Waals surface area contributed by atoms with Gasteiger partial charge >= 0.3 is 5.97 Å². The van der Waals surface area contributed by atoms with Crippen LogP contribution in [0.3, 0.4) is 0 Å². The second-order valence-electron chi connectivity index (χ2n) is 4.00. The van der Waals surface area contributed by atoms with Gasteiger partial charge in [0.15, 0.2) is 5.78 Å². The van der Waals surface area contributed by atoms with Gasteiger partial charge in [-0.3, -0.25) is 4.79 Å². The Labute approximate surface area is 105 Å². The number of carbonyl (C=O) groups excluding carboxylic acids is 1. The summed E-state index contributed by atoms with van der Waals surface area (Å²) in [6, 6.07) is 6.66. The predicted octanol–water partition coefficient (Wildman–Crippen LogP) is 1.76. The van der Waals surface area contributed by atoms with Gasteiger partial charge in [0.05, 0.1) is 6.10 Å². The molecule has 5 heteroatoms. The van der Waals surface area contributed by atoms with Gasteiger partial charge < -0.3 is 14.6 Å². The van der Waals surface area contributed by atoms with E-state index in [1.54, 1.807) is 24.3 Å². The number of hydrogen-bond donors (Lipinski definition) is 1. The van der Waals surface area contributed by atoms with Crippen molar-refractivity contribution in [3.8, 4) is 5.75 Å². The van der Waals surface area contributed by atoms with Gasteiger partial charge in [-0.2, -0.15) is 0 Å². The van der Waals surface area contributed by atoms with Crippen molar-refractivity contribution in [2.75, 3.05) is 13.2 Å². The lowest BCUT2D eigenvalue weighted by Crippen LogP contribution is -2.14. The third-order valence-corrected chi connectivity index (χ3v) is 2.01. The summed E-state index contributed by atoms with van der Waals surface area (Å²) in [6.07, 6.45) is 0.0745. The van der Waals surface area contributed by atoms with Crippen LogP contribution in [0.4, 0.5) is 0 Å². The molecule has 0 fully saturated rings. The van der Waals surface area contributed by atoms with Gasteiger partial charge in [0.2, 0.25) is 0 Å². The molecule has 0 unspecified atom stereocenters. The lowest BCUT2D eigenvalue weighted by molar-refractivity contribution is -0.141. The molecule has 1 aromatic rings. The number of carbonyl (C=O) groups is 2. The van der Waals surface area contributed by atoms with Crippen LogP contribution in [0, 0.1) is 0 Å². The van der Waals surface area contributed by atoms with Crippen molar-refractivity contribution in [1.82, 2.24) is 0 Å². The zero-order chi connectivity index (χ0) is 13.5. The number of Topliss-reactive ketones (excluding diaryl/α,β-unsaturated/α-hetero) is 1. The second kappa shape index (κ2) is 6.76. The van der Waals surface area contributed by atoms with E-state index in [2.05, 4.69) is 0 Å². The molecule has 1 rings (SSSR count). The van der Waals surface area contributed by atoms with Crippen molar-refractivity contribution in [3.63, 3.8) is 0 Å². The molecule has 0 amide bonds. The van der Waals surface area contributed by atoms with Gasteiger partial charge in [-0.1, -0.05) is 0 Å². The van der Waals surface area contributed by atoms with E-state index in [9.17, 15) is 9.59 Å². The zero-order valence-electron chi connectivity index (χ0n) is 10.4. The van der Waals surface area contributed by atoms with Crippen LogP contribution < -0.4 is 4.74 Å². The van der Waals surface area contributed by atoms with Crippen LogP contribution in [0.15, 0.2) is 24.3 Å². The highest BCUT2D eigenvalue weighted by Crippen LogP contribution is 2.14. The summed E-state index contributed by atoms with van der Waals surface area (Å²) in [5.74, 6) is -0.663. The van der Waals surface area contributed by atoms with E-state index in [0.29, 0.717) is 11.3 Å². The number of benzene rings is 1. The molecule has 1 N–H and O–H groups in total. The fourth-order valence-electron chi connectivity index (χ4n) is 1.31. The number of ether oxygens (including phenoxy) is 2. The Hall–Kier alpha value is -1.88. The Kier molecular flexibility index (Phi) is 5.32. The Morgan fingerprint density at radius 1 is 1.17 bits per heavy atom. The van der Waals surface area contributed by atoms with Crippen LogP contribution in [-0.2, 0) is 9.53 Å². The fourth-order valence-corrected chi connectivity index (χ4v) is 1.31. The fraction of sp³-hybridized carbons (Fsp3) is 0.385. The van der Waals surface area contributed by atoms with Crippen LogP contribution in [0.2, 0.25) is 0 Å². The lowest BCUT2D eigenvalue weighted by Gasteiger charge is -2.09. The van der Waals surface area contributed by atoms with Crippen LogP contribution in [-0.4, -0.2) is 36.2 Å². The predicted molar refractivity (Wildman–Crippen MR) is 65.0 cm³/mol. The summed E-state index contributed by atoms with van der Waals surface area (Å²) in [5, 5.41) is 8.36. The highest BCUT2D eigenvalue weighted by Gasteiger charge is 2.07. The summed E-state index contributed by atoms with van der Waals surface area (Å²) in [5.41, 5.74) is 0.469. The molecule has 0 atom stereocenters. The molecule has 0 heterocycles. The third kappa shape index (κ3) is 4.97. The summed E-state index contributed by atoms with van der Waals surface area (Å²) in [6.45, 7) is 3.12. The van der Waals surface area contributed by atoms with Crippen molar-refractivity contribution < 1.29 is 24.2 Å². The topological polar surface area (TPSA) is 72.8 Å². The smallest absolute Gasteiger partial charge is 0.329 e. The SMILES string of the molecule is CC(C)Oc1ccc(C(=O)COCC(=O)O)cc1. The van der Waals surface area contributed by atoms with Gasteiger partial charge in [0.25, 0.3) is 0 Å². The third-order valence-electron chi connectivity index (χ3n) is 2.01. The van der Waals surface area contributed by atoms with Crippen molar-refractivity contribution in [3.05, 3.63) is 29.8 Å². The number of hydrogen-bond acceptors (Lipinski definition) is 4. The van der Waals surface area contributed by atoms with E-state index in [1.165, 1.54) is 0 Å². The maximum Gasteiger partial charge on any atom is 0.329 e. The first kappa shape index (κ1) is 14.2. The Bertz CT molecular complexity index is 408. The first-order valence-electron chi connectivity index (χ1n) is 5.58. The maximum absolute atomic E-state index is 11.6. The van der Waals surface area contributed by atoms with E-state index in [-0.39, 0.29) is 18.5 Å². The molecule has 0 radical (unpaired) electrons. The van der Waals surface area contributed by atoms with Gasteiger partial charge in [0.1, 0.15) is 19.0 Å². The number of carboxylic acid groups (broad SMARTS) is 1. The summed E-state index contributed by atoms with van der Waals surface area (Å²) < 4.78 is 10.2. The largest absolute Gasteiger partial charge is 0.491 e. The molecule has 18 heavy (non-hydrogen) atoms. The first-order chi connectivity index (χ1) is 8.49. The highest BCUT2D eigenvalue weighted by molar-refractivity contribution is 5.97. The van der Waals surface area contributed by atoms with E-state index in [4.69, 9.17) is 14.6 Å². The van der Waals surface area contributed by atoms with Crippen molar-refractivity contribution >= 4 is 11.8 Å². The molecule has 0 bridgehead atoms. The molecule has 0 spiro atoms. The van der Waals surface area contributed by atoms with Gasteiger partial charge in [-0.25, -0.2) is 4.79 Å². The monoisotopic (exact) mass is 252 g/mol. The maximum atomic E-state index is 11.6. The Morgan fingerprint density at radius 3 is 2.28 bits per heavy atom. The molecular formula is C13H16O5. The average molecular weight is 252 g/mol. The molecule has 0 aliphatic carbocycles. The Morgan fingerprint density at radius 2 is 1.78 bits per heavy atom. The molecule has 0 saturated carbocycles. The molecular weight excluding hydrogens is 236 g/mol. The second-order valence-corrected chi connectivity index (χ2v) is 4.00. The normalized spacial score (nSPS) is 10.4. The van der Waals surface area contributed by atoms with E-state index in [1.807, 2.05) is 13.8 Å². The summed E-state index contributed by atoms with van der Waals surface area (Å²) in [7, 11) is 0. The summed E-state index contributed by atoms with van der Waals surface area (Å²) >= 11 is 0. The molecule has 0 aliphatic heterocycles. The van der Waals surface area contributed by atoms with Gasteiger partial charge in [-0.15, -0.1) is 0 Å². The molecule has 0 aliphatic rings. The standard InChI is InChI=1S/C13H16O5/c1-9(2)18-11-5-3-10(4-6-11)12(14)7-17-8-13(15)16/h3-6,9H,7-8H2,1-2H3,(H,15,16). The quantitative estimate of drug-likeness (QED) is 0.748. The van der Waals surface area contributed by atoms with E-state index in [0.717, 1.165) is 0 Å². The molecule has 1 aromatic carbocycles. The van der Waals surface area contributed by atoms with Crippen molar-refractivity contribution in [2.24, 2.45) is 0 Å². The average Bonchev–Trinajstić information content (AvgIpc) is 2.28. The number of ketones is 1. The minimum atomic E-state index is -1.09. The van der Waals surface area contributed by atoms with E-state index >= 15 is 0 Å². The van der Waals surface area contributed by atoms with E-state index < -0.39 is 12.6 Å². The number of carboxylic acids is 1. The minimum Gasteiger partial charge on any atom is -0.491 e. The van der Waals surface area contributed by atoms with Crippen molar-refractivity contribution in [1.29, 1.82) is 0 Å².